The number of hydrogen-bond donors (Lipinski definition) is 1. The lowest BCUT2D eigenvalue weighted by atomic mass is 10.0. The first-order chi connectivity index (χ1) is 14.8. The molecule has 3 aromatic rings. The maximum Gasteiger partial charge on any atom is 0.227 e. The monoisotopic (exact) mass is 402 g/mol. The van der Waals surface area contributed by atoms with Gasteiger partial charge < -0.3 is 15.0 Å². The van der Waals surface area contributed by atoms with Gasteiger partial charge in [-0.15, -0.1) is 0 Å². The Kier molecular flexibility index (Phi) is 6.93. The first-order valence-electron chi connectivity index (χ1n) is 10.9. The summed E-state index contributed by atoms with van der Waals surface area (Å²) in [5.74, 6) is 0.610. The van der Waals surface area contributed by atoms with E-state index in [-0.39, 0.29) is 0 Å². The molecule has 0 radical (unpaired) electrons. The average molecular weight is 403 g/mol. The zero-order valence-corrected chi connectivity index (χ0v) is 17.7. The van der Waals surface area contributed by atoms with E-state index in [4.69, 9.17) is 9.72 Å². The molecule has 1 N–H and O–H groups in total. The van der Waals surface area contributed by atoms with Crippen LogP contribution in [0, 0.1) is 0 Å². The highest BCUT2D eigenvalue weighted by molar-refractivity contribution is 5.63. The van der Waals surface area contributed by atoms with Gasteiger partial charge in [-0.2, -0.15) is 0 Å². The van der Waals surface area contributed by atoms with E-state index < -0.39 is 0 Å². The highest BCUT2D eigenvalue weighted by atomic mass is 16.5. The summed E-state index contributed by atoms with van der Waals surface area (Å²) in [4.78, 5) is 11.4. The van der Waals surface area contributed by atoms with Gasteiger partial charge in [0.25, 0.3) is 0 Å². The molecule has 1 saturated heterocycles. The molecule has 0 unspecified atom stereocenters. The van der Waals surface area contributed by atoms with Crippen LogP contribution >= 0.6 is 0 Å². The van der Waals surface area contributed by atoms with E-state index >= 15 is 0 Å². The zero-order valence-electron chi connectivity index (χ0n) is 17.7. The molecule has 1 aliphatic rings. The van der Waals surface area contributed by atoms with Crippen LogP contribution in [0.1, 0.15) is 31.7 Å². The molecule has 30 heavy (non-hydrogen) atoms. The summed E-state index contributed by atoms with van der Waals surface area (Å²) in [6.07, 6.45) is 6.75. The van der Waals surface area contributed by atoms with Crippen LogP contribution in [0.3, 0.4) is 0 Å². The summed E-state index contributed by atoms with van der Waals surface area (Å²) in [7, 11) is 0. The van der Waals surface area contributed by atoms with Gasteiger partial charge in [-0.3, -0.25) is 0 Å². The lowest BCUT2D eigenvalue weighted by Crippen LogP contribution is -2.36. The van der Waals surface area contributed by atoms with Crippen LogP contribution in [0.2, 0.25) is 0 Å². The Morgan fingerprint density at radius 2 is 1.70 bits per heavy atom. The van der Waals surface area contributed by atoms with Crippen molar-refractivity contribution < 1.29 is 4.74 Å². The van der Waals surface area contributed by atoms with Crippen LogP contribution in [-0.4, -0.2) is 36.3 Å². The molecule has 1 aliphatic heterocycles. The largest absolute Gasteiger partial charge is 0.378 e. The van der Waals surface area contributed by atoms with Crippen molar-refractivity contribution in [3.63, 3.8) is 0 Å². The van der Waals surface area contributed by atoms with Crippen molar-refractivity contribution in [3.8, 4) is 11.3 Å². The summed E-state index contributed by atoms with van der Waals surface area (Å²) in [5.41, 5.74) is 5.63. The smallest absolute Gasteiger partial charge is 0.227 e. The Morgan fingerprint density at radius 3 is 2.43 bits per heavy atom. The number of anilines is 3. The second-order valence-corrected chi connectivity index (χ2v) is 7.69. The van der Waals surface area contributed by atoms with E-state index in [1.54, 1.807) is 0 Å². The number of morpholine rings is 1. The van der Waals surface area contributed by atoms with Crippen LogP contribution in [0.15, 0.2) is 60.8 Å². The normalized spacial score (nSPS) is 14.0. The molecule has 0 amide bonds. The number of hydrogen-bond acceptors (Lipinski definition) is 5. The number of rotatable bonds is 8. The second kappa shape index (κ2) is 10.2. The van der Waals surface area contributed by atoms with Crippen LogP contribution in [-0.2, 0) is 11.2 Å². The third-order valence-electron chi connectivity index (χ3n) is 5.47. The van der Waals surface area contributed by atoms with Crippen LogP contribution in [0.4, 0.5) is 17.3 Å². The second-order valence-electron chi connectivity index (χ2n) is 7.69. The van der Waals surface area contributed by atoms with Crippen molar-refractivity contribution in [1.29, 1.82) is 0 Å². The summed E-state index contributed by atoms with van der Waals surface area (Å²) in [5, 5.41) is 3.32. The van der Waals surface area contributed by atoms with E-state index in [2.05, 4.69) is 70.7 Å². The first-order valence-corrected chi connectivity index (χ1v) is 10.9. The fraction of sp³-hybridized carbons (Fsp3) is 0.360. The maximum absolute atomic E-state index is 5.43. The number of unbranched alkanes of at least 4 members (excludes halogenated alkanes) is 2. The topological polar surface area (TPSA) is 50.3 Å². The highest BCUT2D eigenvalue weighted by Gasteiger charge is 2.11. The van der Waals surface area contributed by atoms with Gasteiger partial charge in [-0.05, 0) is 48.7 Å². The molecular weight excluding hydrogens is 372 g/mol. The van der Waals surface area contributed by atoms with Gasteiger partial charge in [0.15, 0.2) is 0 Å². The van der Waals surface area contributed by atoms with E-state index in [1.165, 1.54) is 30.5 Å². The lowest BCUT2D eigenvalue weighted by Gasteiger charge is -2.28. The van der Waals surface area contributed by atoms with Gasteiger partial charge in [0.05, 0.1) is 18.9 Å². The van der Waals surface area contributed by atoms with Crippen molar-refractivity contribution in [3.05, 3.63) is 66.4 Å². The number of nitrogens with zero attached hydrogens (tertiary/aromatic N) is 3. The standard InChI is InChI=1S/C25H30N4O/c1-2-3-4-5-20-6-8-21(9-7-20)24-14-15-26-25(28-24)27-22-10-12-23(13-11-22)29-16-18-30-19-17-29/h6-15H,2-5,16-19H2,1H3,(H,26,27,28). The van der Waals surface area contributed by atoms with Crippen LogP contribution in [0.25, 0.3) is 11.3 Å². The molecule has 0 spiro atoms. The molecule has 0 atom stereocenters. The third kappa shape index (κ3) is 5.36. The Labute approximate surface area is 179 Å². The third-order valence-corrected chi connectivity index (χ3v) is 5.47. The van der Waals surface area contributed by atoms with Crippen molar-refractivity contribution >= 4 is 17.3 Å². The highest BCUT2D eigenvalue weighted by Crippen LogP contribution is 2.23. The van der Waals surface area contributed by atoms with Gasteiger partial charge in [0, 0.05) is 36.2 Å². The molecule has 5 heteroatoms. The van der Waals surface area contributed by atoms with Gasteiger partial charge in [-0.25, -0.2) is 9.97 Å². The maximum atomic E-state index is 5.43. The summed E-state index contributed by atoms with van der Waals surface area (Å²) in [6.45, 7) is 5.70. The SMILES string of the molecule is CCCCCc1ccc(-c2ccnc(Nc3ccc(N4CCOCC4)cc3)n2)cc1. The molecule has 2 aromatic carbocycles. The number of aromatic nitrogens is 2. The Bertz CT molecular complexity index is 919. The summed E-state index contributed by atoms with van der Waals surface area (Å²) in [6, 6.07) is 19.1. The number of benzene rings is 2. The molecule has 1 fully saturated rings. The van der Waals surface area contributed by atoms with E-state index in [9.17, 15) is 0 Å². The summed E-state index contributed by atoms with van der Waals surface area (Å²) < 4.78 is 5.43. The molecule has 5 nitrogen and oxygen atoms in total. The fourth-order valence-electron chi connectivity index (χ4n) is 3.71. The predicted molar refractivity (Wildman–Crippen MR) is 123 cm³/mol. The summed E-state index contributed by atoms with van der Waals surface area (Å²) >= 11 is 0. The van der Waals surface area contributed by atoms with Gasteiger partial charge >= 0.3 is 0 Å². The van der Waals surface area contributed by atoms with Crippen LogP contribution < -0.4 is 10.2 Å². The molecule has 0 aliphatic carbocycles. The van der Waals surface area contributed by atoms with Crippen molar-refractivity contribution in [2.24, 2.45) is 0 Å². The molecule has 156 valence electrons. The fourth-order valence-corrected chi connectivity index (χ4v) is 3.71. The Morgan fingerprint density at radius 1 is 0.933 bits per heavy atom. The molecule has 2 heterocycles. The number of nitrogens with one attached hydrogen (secondary N) is 1. The first kappa shape index (κ1) is 20.4. The molecule has 0 bridgehead atoms. The average Bonchev–Trinajstić information content (AvgIpc) is 2.81. The predicted octanol–water partition coefficient (Wildman–Crippen LogP) is 5.46. The van der Waals surface area contributed by atoms with Crippen molar-refractivity contribution in [1.82, 2.24) is 9.97 Å². The Balaban J connectivity index is 1.40. The minimum Gasteiger partial charge on any atom is -0.378 e. The molecule has 4 rings (SSSR count). The Hall–Kier alpha value is -2.92. The van der Waals surface area contributed by atoms with E-state index in [0.717, 1.165) is 49.7 Å². The molecular formula is C25H30N4O. The van der Waals surface area contributed by atoms with E-state index in [0.29, 0.717) is 5.95 Å². The van der Waals surface area contributed by atoms with Gasteiger partial charge in [0.2, 0.25) is 5.95 Å². The lowest BCUT2D eigenvalue weighted by molar-refractivity contribution is 0.122. The van der Waals surface area contributed by atoms with Crippen molar-refractivity contribution in [2.75, 3.05) is 36.5 Å². The number of aryl methyl sites for hydroxylation is 1. The van der Waals surface area contributed by atoms with Crippen LogP contribution in [0.5, 0.6) is 0 Å². The van der Waals surface area contributed by atoms with Crippen molar-refractivity contribution in [2.45, 2.75) is 32.6 Å². The quantitative estimate of drug-likeness (QED) is 0.507. The van der Waals surface area contributed by atoms with E-state index in [1.807, 2.05) is 12.3 Å². The number of ether oxygens (including phenoxy) is 1. The van der Waals surface area contributed by atoms with Gasteiger partial charge in [-0.1, -0.05) is 44.0 Å². The molecule has 0 saturated carbocycles. The minimum atomic E-state index is 0.610. The molecule has 1 aromatic heterocycles. The zero-order chi connectivity index (χ0) is 20.6. The van der Waals surface area contributed by atoms with Gasteiger partial charge in [0.1, 0.15) is 0 Å². The minimum absolute atomic E-state index is 0.610.